The number of fused-ring (bicyclic) bond motifs is 14. The van der Waals surface area contributed by atoms with E-state index in [1.54, 1.807) is 31.2 Å². The number of methoxy groups -OCH3 is 1. The minimum Gasteiger partial charge on any atom is -0.507 e. The van der Waals surface area contributed by atoms with Gasteiger partial charge in [-0.2, -0.15) is 0 Å². The van der Waals surface area contributed by atoms with Crippen LogP contribution < -0.4 is 10.1 Å². The standard InChI is InChI=1S/C55H70FN5O11.3C2H6.CH4O/c1-12-25-70-53(67)61-47-45(59-55(61)21-23-60(24-22-55)30-31(2)3)43-42-39(62)19-14-13-15-20-40(71-52(66)37-27-38(56)29-57-28-37)35(7)41(72-54(9,10)68)26-34(6)32(4)17-16-18-33(5)51(65)58-46(47)49(64)44(43)48(63)36(8)50(42)69-11;4*1-2/h12-14,16-18,27-29,31-32,34-35,40-41,63,68H,1,15,19-26,30H2,2-11H3,(H,58,65);3*1-2H3;2H,1H3/b14-13+,17-16+,33-18-;;;;/t32?,34?,35-,40?,41?;;;;/m0..../s1. The fourth-order valence-electron chi connectivity index (χ4n) is 9.84. The Morgan fingerprint density at radius 2 is 1.61 bits per heavy atom. The maximum absolute atomic E-state index is 15.2. The molecule has 1 spiro atoms. The number of hydrogen-bond donors (Lipinski definition) is 4. The number of aliphatic imine (C=N–C) groups is 1. The summed E-state index contributed by atoms with van der Waals surface area (Å²) in [5.74, 6) is -6.00. The zero-order chi connectivity index (χ0) is 60.8. The number of benzene rings is 1. The number of aromatic nitrogens is 1. The van der Waals surface area contributed by atoms with E-state index >= 15 is 4.79 Å². The van der Waals surface area contributed by atoms with Crippen LogP contribution in [-0.4, -0.2) is 129 Å². The zero-order valence-corrected chi connectivity index (χ0v) is 50.6. The number of carbonyl (C=O) groups is 5. The lowest BCUT2D eigenvalue weighted by molar-refractivity contribution is -0.226. The Morgan fingerprint density at radius 1 is 0.975 bits per heavy atom. The highest BCUT2D eigenvalue weighted by molar-refractivity contribution is 6.34. The maximum Gasteiger partial charge on any atom is 0.416 e. The van der Waals surface area contributed by atoms with Crippen LogP contribution in [0.15, 0.2) is 83.5 Å². The first-order valence-corrected chi connectivity index (χ1v) is 28.2. The van der Waals surface area contributed by atoms with Crippen LogP contribution in [0.1, 0.15) is 178 Å². The molecule has 80 heavy (non-hydrogen) atoms. The molecule has 1 aromatic heterocycles. The summed E-state index contributed by atoms with van der Waals surface area (Å²) in [5, 5.41) is 32.7. The summed E-state index contributed by atoms with van der Waals surface area (Å²) < 4.78 is 38.1. The minimum absolute atomic E-state index is 0.00879. The van der Waals surface area contributed by atoms with E-state index in [2.05, 4.69) is 35.6 Å². The third kappa shape index (κ3) is 17.3. The fourth-order valence-corrected chi connectivity index (χ4v) is 9.84. The molecule has 7 rings (SSSR count). The first kappa shape index (κ1) is 69.8. The quantitative estimate of drug-likeness (QED) is 0.104. The normalized spacial score (nSPS) is 22.8. The van der Waals surface area contributed by atoms with Crippen molar-refractivity contribution in [2.24, 2.45) is 28.7 Å². The van der Waals surface area contributed by atoms with Gasteiger partial charge in [-0.25, -0.2) is 18.9 Å². The van der Waals surface area contributed by atoms with E-state index in [4.69, 9.17) is 29.0 Å². The third-order valence-corrected chi connectivity index (χ3v) is 13.8. The van der Waals surface area contributed by atoms with Crippen LogP contribution in [0.3, 0.4) is 0 Å². The molecule has 1 saturated heterocycles. The monoisotopic (exact) mass is 1120 g/mol. The van der Waals surface area contributed by atoms with Crippen LogP contribution in [0.5, 0.6) is 11.5 Å². The summed E-state index contributed by atoms with van der Waals surface area (Å²) in [7, 11) is 2.34. The van der Waals surface area contributed by atoms with E-state index in [9.17, 15) is 33.8 Å². The average molecular weight is 1120 g/mol. The highest BCUT2D eigenvalue weighted by Gasteiger charge is 2.56. The first-order chi connectivity index (χ1) is 38.0. The molecule has 0 saturated carbocycles. The number of likely N-dealkylation sites (tertiary alicyclic amines) is 1. The molecule has 5 aliphatic rings. The lowest BCUT2D eigenvalue weighted by Crippen LogP contribution is -2.55. The predicted octanol–water partition coefficient (Wildman–Crippen LogP) is 11.4. The number of phenols is 1. The maximum atomic E-state index is 15.2. The molecule has 4 bridgehead atoms. The SMILES string of the molecule is C=CCOC(=O)N1C2=C3NC(=O)/C(C)=C\C=C\C(C)C(C)CC(OC(C)(C)O)[C@@H](C)C(OC(=O)c4cncc(F)c4)CC/C=C/CC(=O)c4c(OC)c(C)c(O)c(c4C2=NC12CCN(CC(C)C)CC2)C3=O.CC.CC.CC.CO. The number of ether oxygens (including phenoxy) is 4. The van der Waals surface area contributed by atoms with Gasteiger partial charge < -0.3 is 44.5 Å². The van der Waals surface area contributed by atoms with E-state index in [0.717, 1.165) is 25.9 Å². The number of rotatable bonds is 9. The number of halogens is 1. The molecule has 4 unspecified atom stereocenters. The Balaban J connectivity index is 0.00000261. The molecule has 5 atom stereocenters. The van der Waals surface area contributed by atoms with Crippen LogP contribution in [0.25, 0.3) is 0 Å². The first-order valence-electron chi connectivity index (χ1n) is 28.2. The molecular weight excluding hydrogens is 1030 g/mol. The number of nitrogens with one attached hydrogen (secondary N) is 1. The van der Waals surface area contributed by atoms with Gasteiger partial charge in [0.1, 0.15) is 47.1 Å². The van der Waals surface area contributed by atoms with E-state index in [1.807, 2.05) is 68.4 Å². The van der Waals surface area contributed by atoms with Gasteiger partial charge in [0.25, 0.3) is 5.91 Å². The summed E-state index contributed by atoms with van der Waals surface area (Å²) in [5.41, 5.74) is -1.88. The van der Waals surface area contributed by atoms with E-state index in [0.29, 0.717) is 38.3 Å². The Labute approximate surface area is 475 Å². The molecule has 18 heteroatoms. The lowest BCUT2D eigenvalue weighted by Gasteiger charge is -2.43. The number of piperidine rings is 1. The average Bonchev–Trinajstić information content (AvgIpc) is 3.78. The van der Waals surface area contributed by atoms with Crippen molar-refractivity contribution in [3.63, 3.8) is 0 Å². The van der Waals surface area contributed by atoms with Crippen molar-refractivity contribution in [3.8, 4) is 11.5 Å². The van der Waals surface area contributed by atoms with Crippen LogP contribution >= 0.6 is 0 Å². The van der Waals surface area contributed by atoms with Gasteiger partial charge in [-0.15, -0.1) is 0 Å². The van der Waals surface area contributed by atoms with E-state index in [1.165, 1.54) is 45.1 Å². The van der Waals surface area contributed by atoms with Crippen molar-refractivity contribution in [1.82, 2.24) is 20.1 Å². The van der Waals surface area contributed by atoms with Gasteiger partial charge in [0.15, 0.2) is 11.6 Å². The van der Waals surface area contributed by atoms with Gasteiger partial charge >= 0.3 is 12.1 Å². The zero-order valence-electron chi connectivity index (χ0n) is 50.6. The highest BCUT2D eigenvalue weighted by atomic mass is 19.1. The number of pyridine rings is 1. The fraction of sp³-hybridized carbons (Fsp3) is 0.565. The number of amides is 2. The predicted molar refractivity (Wildman–Crippen MR) is 311 cm³/mol. The van der Waals surface area contributed by atoms with Crippen molar-refractivity contribution in [2.45, 2.75) is 166 Å². The summed E-state index contributed by atoms with van der Waals surface area (Å²) in [6.45, 7) is 33.6. The third-order valence-electron chi connectivity index (χ3n) is 13.8. The number of carbonyl (C=O) groups excluding carboxylic acids is 5. The van der Waals surface area contributed by atoms with E-state index < -0.39 is 70.7 Å². The number of Topliss-reactive ketones (excluding diaryl/α,β-unsaturated/α-hetero) is 2. The second kappa shape index (κ2) is 32.8. The molecule has 17 nitrogen and oxygen atoms in total. The highest BCUT2D eigenvalue weighted by Crippen LogP contribution is 2.50. The molecule has 1 aliphatic carbocycles. The van der Waals surface area contributed by atoms with Gasteiger partial charge in [-0.1, -0.05) is 119 Å². The second-order valence-electron chi connectivity index (χ2n) is 20.3. The lowest BCUT2D eigenvalue weighted by atomic mass is 9.81. The number of aromatic hydroxyl groups is 1. The van der Waals surface area contributed by atoms with Crippen LogP contribution in [0.2, 0.25) is 0 Å². The van der Waals surface area contributed by atoms with Crippen molar-refractivity contribution < 1.29 is 62.6 Å². The van der Waals surface area contributed by atoms with E-state index in [-0.39, 0.29) is 94.0 Å². The van der Waals surface area contributed by atoms with Gasteiger partial charge in [0.2, 0.25) is 5.78 Å². The van der Waals surface area contributed by atoms with Crippen LogP contribution in [0.4, 0.5) is 9.18 Å². The van der Waals surface area contributed by atoms with Crippen LogP contribution in [0, 0.1) is 36.4 Å². The van der Waals surface area contributed by atoms with Gasteiger partial charge in [-0.05, 0) is 70.8 Å². The number of ketones is 2. The van der Waals surface area contributed by atoms with Crippen molar-refractivity contribution in [1.29, 1.82) is 0 Å². The number of allylic oxidation sites excluding steroid dienone is 7. The Morgan fingerprint density at radius 3 is 2.19 bits per heavy atom. The second-order valence-corrected chi connectivity index (χ2v) is 20.3. The summed E-state index contributed by atoms with van der Waals surface area (Å²) in [6.07, 6.45) is 11.2. The Bertz CT molecular complexity index is 2610. The molecule has 4 aliphatic heterocycles. The molecule has 5 heterocycles. The molecular formula is C62H92FN5O12. The van der Waals surface area contributed by atoms with Crippen molar-refractivity contribution in [2.75, 3.05) is 40.5 Å². The number of aliphatic hydroxyl groups excluding tert-OH is 1. The Hall–Kier alpha value is -6.34. The van der Waals surface area contributed by atoms with Gasteiger partial charge in [0, 0.05) is 74.8 Å². The molecule has 444 valence electrons. The number of aliphatic hydroxyl groups is 2. The topological polar surface area (TPSA) is 227 Å². The smallest absolute Gasteiger partial charge is 0.416 e. The molecule has 2 amide bonds. The van der Waals surface area contributed by atoms with Crippen molar-refractivity contribution >= 4 is 35.2 Å². The largest absolute Gasteiger partial charge is 0.507 e. The summed E-state index contributed by atoms with van der Waals surface area (Å²) in [4.78, 5) is 85.2. The molecule has 4 N–H and O–H groups in total. The molecule has 1 fully saturated rings. The summed E-state index contributed by atoms with van der Waals surface area (Å²) >= 11 is 0. The van der Waals surface area contributed by atoms with Crippen LogP contribution in [-0.2, 0) is 19.0 Å². The van der Waals surface area contributed by atoms with Crippen molar-refractivity contribution in [3.05, 3.63) is 112 Å². The number of hydrogen-bond acceptors (Lipinski definition) is 15. The molecule has 0 radical (unpaired) electrons. The minimum atomic E-state index is -1.57. The molecule has 2 aromatic rings. The number of nitrogens with zero attached hydrogens (tertiary/aromatic N) is 4. The summed E-state index contributed by atoms with van der Waals surface area (Å²) in [6, 6.07) is 1.04. The van der Waals surface area contributed by atoms with Gasteiger partial charge in [0.05, 0.1) is 41.8 Å². The number of esters is 1. The number of phenolic OH excluding ortho intramolecular Hbond substituents is 1. The molecule has 1 aromatic carbocycles. The Kier molecular flexibility index (Phi) is 28.6. The van der Waals surface area contributed by atoms with Gasteiger partial charge in [-0.3, -0.25) is 24.4 Å².